The summed E-state index contributed by atoms with van der Waals surface area (Å²) < 4.78 is 1.64. The molecule has 0 bridgehead atoms. The van der Waals surface area contributed by atoms with Crippen LogP contribution in [0.4, 0.5) is 0 Å². The first-order valence-electron chi connectivity index (χ1n) is 2.63. The SMILES string of the molecule is CN1N=CN(SS)CC1=O. The van der Waals surface area contributed by atoms with Gasteiger partial charge in [0.15, 0.2) is 0 Å². The van der Waals surface area contributed by atoms with Gasteiger partial charge in [-0.3, -0.25) is 9.10 Å². The molecule has 0 aromatic carbocycles. The van der Waals surface area contributed by atoms with E-state index in [1.54, 1.807) is 17.7 Å². The summed E-state index contributed by atoms with van der Waals surface area (Å²) in [6.45, 7) is 0.341. The molecule has 1 heterocycles. The van der Waals surface area contributed by atoms with Crippen LogP contribution in [0.25, 0.3) is 0 Å². The lowest BCUT2D eigenvalue weighted by atomic mass is 10.5. The van der Waals surface area contributed by atoms with Gasteiger partial charge in [0, 0.05) is 18.0 Å². The van der Waals surface area contributed by atoms with Gasteiger partial charge in [-0.25, -0.2) is 5.01 Å². The second-order valence-electron chi connectivity index (χ2n) is 1.81. The van der Waals surface area contributed by atoms with Gasteiger partial charge in [-0.15, -0.1) is 0 Å². The molecule has 0 aliphatic carbocycles. The highest BCUT2D eigenvalue weighted by Crippen LogP contribution is 2.13. The van der Waals surface area contributed by atoms with Crippen LogP contribution in [-0.2, 0) is 4.79 Å². The quantitative estimate of drug-likeness (QED) is 0.353. The average molecular weight is 177 g/mol. The molecule has 1 aliphatic rings. The van der Waals surface area contributed by atoms with Gasteiger partial charge in [0.05, 0.1) is 0 Å². The third kappa shape index (κ3) is 1.57. The molecular weight excluding hydrogens is 170 g/mol. The summed E-state index contributed by atoms with van der Waals surface area (Å²) in [5, 5.41) is 5.08. The Morgan fingerprint density at radius 3 is 3.10 bits per heavy atom. The van der Waals surface area contributed by atoms with Crippen molar-refractivity contribution >= 4 is 34.9 Å². The fourth-order valence-corrected chi connectivity index (χ4v) is 1.08. The molecule has 0 aromatic heterocycles. The number of likely N-dealkylation sites (N-methyl/N-ethyl adjacent to an activating group) is 1. The van der Waals surface area contributed by atoms with Crippen molar-refractivity contribution in [3.05, 3.63) is 0 Å². The number of rotatable bonds is 1. The topological polar surface area (TPSA) is 35.9 Å². The molecule has 4 nitrogen and oxygen atoms in total. The first-order chi connectivity index (χ1) is 4.74. The van der Waals surface area contributed by atoms with Gasteiger partial charge in [-0.1, -0.05) is 11.7 Å². The molecule has 1 aliphatic heterocycles. The van der Waals surface area contributed by atoms with E-state index in [0.717, 1.165) is 0 Å². The van der Waals surface area contributed by atoms with E-state index in [2.05, 4.69) is 16.8 Å². The Labute approximate surface area is 68.2 Å². The summed E-state index contributed by atoms with van der Waals surface area (Å²) in [7, 11) is 2.81. The second-order valence-corrected chi connectivity index (χ2v) is 2.93. The highest BCUT2D eigenvalue weighted by Gasteiger charge is 2.15. The molecule has 0 atom stereocenters. The molecule has 0 fully saturated rings. The monoisotopic (exact) mass is 177 g/mol. The number of hydrogen-bond donors (Lipinski definition) is 1. The smallest absolute Gasteiger partial charge is 0.263 e. The minimum absolute atomic E-state index is 0.0240. The highest BCUT2D eigenvalue weighted by molar-refractivity contribution is 8.67. The third-order valence-electron chi connectivity index (χ3n) is 1.11. The zero-order valence-corrected chi connectivity index (χ0v) is 7.10. The van der Waals surface area contributed by atoms with Gasteiger partial charge in [0.25, 0.3) is 5.91 Å². The molecule has 0 saturated carbocycles. The van der Waals surface area contributed by atoms with Crippen molar-refractivity contribution in [3.8, 4) is 0 Å². The highest BCUT2D eigenvalue weighted by atomic mass is 33.1. The lowest BCUT2D eigenvalue weighted by molar-refractivity contribution is -0.130. The number of amides is 1. The Morgan fingerprint density at radius 1 is 1.90 bits per heavy atom. The van der Waals surface area contributed by atoms with Gasteiger partial charge in [-0.2, -0.15) is 5.10 Å². The van der Waals surface area contributed by atoms with Crippen LogP contribution in [0.1, 0.15) is 0 Å². The summed E-state index contributed by atoms with van der Waals surface area (Å²) in [5.74, 6) is -0.0240. The van der Waals surface area contributed by atoms with Crippen molar-refractivity contribution in [1.82, 2.24) is 9.31 Å². The van der Waals surface area contributed by atoms with E-state index in [1.165, 1.54) is 16.0 Å². The van der Waals surface area contributed by atoms with Crippen molar-refractivity contribution in [3.63, 3.8) is 0 Å². The summed E-state index contributed by atoms with van der Waals surface area (Å²) in [6, 6.07) is 0. The largest absolute Gasteiger partial charge is 0.287 e. The number of carbonyl (C=O) groups is 1. The van der Waals surface area contributed by atoms with Crippen LogP contribution in [0, 0.1) is 0 Å². The predicted octanol–water partition coefficient (Wildman–Crippen LogP) is 0.197. The maximum Gasteiger partial charge on any atom is 0.263 e. The lowest BCUT2D eigenvalue weighted by Crippen LogP contribution is -2.36. The number of hydrogen-bond acceptors (Lipinski definition) is 5. The molecule has 0 aromatic rings. The average Bonchev–Trinajstić information content (AvgIpc) is 1.95. The van der Waals surface area contributed by atoms with E-state index in [0.29, 0.717) is 6.54 Å². The van der Waals surface area contributed by atoms with E-state index in [4.69, 9.17) is 0 Å². The Balaban J connectivity index is 2.59. The van der Waals surface area contributed by atoms with Crippen LogP contribution in [0.2, 0.25) is 0 Å². The fourth-order valence-electron chi connectivity index (χ4n) is 0.526. The number of nitrogens with zero attached hydrogens (tertiary/aromatic N) is 3. The molecule has 1 amide bonds. The maximum absolute atomic E-state index is 10.9. The second kappa shape index (κ2) is 3.16. The minimum atomic E-state index is -0.0240. The van der Waals surface area contributed by atoms with E-state index < -0.39 is 0 Å². The van der Waals surface area contributed by atoms with Crippen LogP contribution in [0.3, 0.4) is 0 Å². The van der Waals surface area contributed by atoms with Gasteiger partial charge in [0.2, 0.25) is 0 Å². The van der Waals surface area contributed by atoms with Crippen molar-refractivity contribution in [2.75, 3.05) is 13.6 Å². The lowest BCUT2D eigenvalue weighted by Gasteiger charge is -2.22. The minimum Gasteiger partial charge on any atom is -0.287 e. The number of hydrazone groups is 1. The van der Waals surface area contributed by atoms with Crippen LogP contribution >= 0.6 is 22.6 Å². The zero-order chi connectivity index (χ0) is 7.56. The van der Waals surface area contributed by atoms with E-state index in [9.17, 15) is 4.79 Å². The van der Waals surface area contributed by atoms with E-state index >= 15 is 0 Å². The molecular formula is C4H7N3OS2. The molecule has 0 unspecified atom stereocenters. The number of thiol groups is 1. The van der Waals surface area contributed by atoms with Gasteiger partial charge in [0.1, 0.15) is 12.9 Å². The summed E-state index contributed by atoms with van der Waals surface area (Å²) in [6.07, 6.45) is 1.57. The third-order valence-corrected chi connectivity index (χ3v) is 2.17. The van der Waals surface area contributed by atoms with E-state index in [-0.39, 0.29) is 5.91 Å². The van der Waals surface area contributed by atoms with Gasteiger partial charge < -0.3 is 0 Å². The Morgan fingerprint density at radius 2 is 2.60 bits per heavy atom. The molecule has 0 N–H and O–H groups in total. The Hall–Kier alpha value is -0.360. The molecule has 6 heteroatoms. The molecule has 0 spiro atoms. The van der Waals surface area contributed by atoms with Crippen LogP contribution in [0.5, 0.6) is 0 Å². The normalized spacial score (nSPS) is 18.4. The summed E-state index contributed by atoms with van der Waals surface area (Å²) >= 11 is 3.91. The standard InChI is InChI=1S/C4H7N3OS2/c1-6-4(8)2-7(10-9)3-5-6/h3,9H,2H2,1H3. The first-order valence-corrected chi connectivity index (χ1v) is 4.45. The number of carbonyl (C=O) groups excluding carboxylic acids is 1. The van der Waals surface area contributed by atoms with Crippen molar-refractivity contribution < 1.29 is 4.79 Å². The van der Waals surface area contributed by atoms with Gasteiger partial charge in [-0.05, 0) is 0 Å². The summed E-state index contributed by atoms with van der Waals surface area (Å²) in [4.78, 5) is 10.9. The Bertz CT molecular complexity index is 172. The molecule has 0 saturated heterocycles. The molecule has 1 rings (SSSR count). The summed E-state index contributed by atoms with van der Waals surface area (Å²) in [5.41, 5.74) is 0. The zero-order valence-electron chi connectivity index (χ0n) is 5.39. The van der Waals surface area contributed by atoms with Crippen molar-refractivity contribution in [2.24, 2.45) is 5.10 Å². The van der Waals surface area contributed by atoms with Crippen LogP contribution in [0.15, 0.2) is 5.10 Å². The van der Waals surface area contributed by atoms with Gasteiger partial charge >= 0.3 is 0 Å². The molecule has 10 heavy (non-hydrogen) atoms. The fraction of sp³-hybridized carbons (Fsp3) is 0.500. The molecule has 56 valence electrons. The Kier molecular flexibility index (Phi) is 2.44. The van der Waals surface area contributed by atoms with Crippen molar-refractivity contribution in [1.29, 1.82) is 0 Å². The van der Waals surface area contributed by atoms with Crippen LogP contribution in [-0.4, -0.2) is 35.2 Å². The first kappa shape index (κ1) is 7.74. The van der Waals surface area contributed by atoms with Crippen molar-refractivity contribution in [2.45, 2.75) is 0 Å². The van der Waals surface area contributed by atoms with Crippen LogP contribution < -0.4 is 0 Å². The maximum atomic E-state index is 10.9. The molecule has 0 radical (unpaired) electrons. The van der Waals surface area contributed by atoms with E-state index in [1.807, 2.05) is 0 Å². The predicted molar refractivity (Wildman–Crippen MR) is 44.5 cm³/mol.